The molecule has 1 N–H and O–H groups in total. The Labute approximate surface area is 125 Å². The van der Waals surface area contributed by atoms with E-state index in [1.165, 1.54) is 24.3 Å². The lowest BCUT2D eigenvalue weighted by Gasteiger charge is -2.36. The Hall–Kier alpha value is -0.980. The summed E-state index contributed by atoms with van der Waals surface area (Å²) in [6, 6.07) is 6.01. The smallest absolute Gasteiger partial charge is 0.216 e. The molecule has 2 fully saturated rings. The summed E-state index contributed by atoms with van der Waals surface area (Å²) in [5.41, 5.74) is 0.614. The summed E-state index contributed by atoms with van der Waals surface area (Å²) in [5.74, 6) is -0.436. The molecule has 21 heavy (non-hydrogen) atoms. The van der Waals surface area contributed by atoms with Crippen molar-refractivity contribution >= 4 is 10.0 Å². The van der Waals surface area contributed by atoms with Crippen LogP contribution in [0.2, 0.25) is 0 Å². The molecular weight excluding hydrogens is 291 g/mol. The second-order valence-corrected chi connectivity index (χ2v) is 7.75. The van der Waals surface area contributed by atoms with Crippen molar-refractivity contribution in [1.29, 1.82) is 0 Å². The summed E-state index contributed by atoms with van der Waals surface area (Å²) in [6.07, 6.45) is 4.18. The van der Waals surface area contributed by atoms with E-state index in [0.29, 0.717) is 11.6 Å². The van der Waals surface area contributed by atoms with Gasteiger partial charge in [0, 0.05) is 12.1 Å². The van der Waals surface area contributed by atoms with Crippen LogP contribution in [0.5, 0.6) is 0 Å². The molecule has 0 radical (unpaired) electrons. The maximum atomic E-state index is 12.9. The molecule has 2 heterocycles. The first kappa shape index (κ1) is 14.9. The second-order valence-electron chi connectivity index (χ2n) is 6.00. The van der Waals surface area contributed by atoms with Crippen molar-refractivity contribution < 1.29 is 12.8 Å². The molecule has 4 nitrogen and oxygen atoms in total. The van der Waals surface area contributed by atoms with Gasteiger partial charge in [-0.25, -0.2) is 17.5 Å². The van der Waals surface area contributed by atoms with Gasteiger partial charge in [-0.2, -0.15) is 0 Å². The van der Waals surface area contributed by atoms with Gasteiger partial charge in [0.1, 0.15) is 5.82 Å². The summed E-state index contributed by atoms with van der Waals surface area (Å²) < 4.78 is 40.4. The van der Waals surface area contributed by atoms with Crippen LogP contribution in [-0.2, 0) is 15.8 Å². The first-order chi connectivity index (χ1) is 10.0. The van der Waals surface area contributed by atoms with Crippen LogP contribution in [0.15, 0.2) is 24.3 Å². The summed E-state index contributed by atoms with van der Waals surface area (Å²) in [4.78, 5) is 2.40. The van der Waals surface area contributed by atoms with E-state index in [1.54, 1.807) is 0 Å². The normalized spacial score (nSPS) is 26.7. The Morgan fingerprint density at radius 1 is 1.14 bits per heavy atom. The zero-order chi connectivity index (χ0) is 14.9. The van der Waals surface area contributed by atoms with Gasteiger partial charge in [-0.15, -0.1) is 0 Å². The maximum absolute atomic E-state index is 12.9. The number of nitrogens with one attached hydrogen (secondary N) is 1. The minimum Gasteiger partial charge on any atom is -0.299 e. The Morgan fingerprint density at radius 2 is 1.81 bits per heavy atom. The summed E-state index contributed by atoms with van der Waals surface area (Å²) in [7, 11) is -3.38. The molecule has 6 heteroatoms. The average Bonchev–Trinajstić information content (AvgIpc) is 2.90. The van der Waals surface area contributed by atoms with Gasteiger partial charge in [0.05, 0.1) is 5.75 Å². The van der Waals surface area contributed by atoms with Crippen molar-refractivity contribution in [3.05, 3.63) is 35.6 Å². The molecule has 116 valence electrons. The quantitative estimate of drug-likeness (QED) is 0.923. The minimum atomic E-state index is -3.38. The van der Waals surface area contributed by atoms with E-state index in [2.05, 4.69) is 9.62 Å². The van der Waals surface area contributed by atoms with Gasteiger partial charge in [0.15, 0.2) is 0 Å². The van der Waals surface area contributed by atoms with Crippen LogP contribution >= 0.6 is 0 Å². The van der Waals surface area contributed by atoms with Crippen molar-refractivity contribution in [2.45, 2.75) is 43.5 Å². The summed E-state index contributed by atoms with van der Waals surface area (Å²) >= 11 is 0. The van der Waals surface area contributed by atoms with E-state index < -0.39 is 10.0 Å². The third kappa shape index (κ3) is 3.62. The molecule has 0 amide bonds. The minimum absolute atomic E-state index is 0.0201. The summed E-state index contributed by atoms with van der Waals surface area (Å²) in [5, 5.41) is 0. The molecule has 1 aromatic rings. The SMILES string of the molecule is O=S(=O)(Cc1ccc(F)cc1)N[C@H]1CCCN2CCC[C@@H]12. The number of rotatable bonds is 4. The van der Waals surface area contributed by atoms with Crippen LogP contribution in [0.4, 0.5) is 4.39 Å². The lowest BCUT2D eigenvalue weighted by atomic mass is 9.97. The molecule has 0 unspecified atom stereocenters. The van der Waals surface area contributed by atoms with E-state index >= 15 is 0 Å². The fourth-order valence-corrected chi connectivity index (χ4v) is 4.95. The van der Waals surface area contributed by atoms with E-state index in [1.807, 2.05) is 0 Å². The van der Waals surface area contributed by atoms with Gasteiger partial charge in [0.2, 0.25) is 10.0 Å². The largest absolute Gasteiger partial charge is 0.299 e. The van der Waals surface area contributed by atoms with Gasteiger partial charge in [-0.3, -0.25) is 4.90 Å². The van der Waals surface area contributed by atoms with Crippen molar-refractivity contribution in [3.63, 3.8) is 0 Å². The van der Waals surface area contributed by atoms with Crippen LogP contribution in [0.3, 0.4) is 0 Å². The lowest BCUT2D eigenvalue weighted by molar-refractivity contribution is 0.166. The van der Waals surface area contributed by atoms with Crippen LogP contribution in [0.25, 0.3) is 0 Å². The topological polar surface area (TPSA) is 49.4 Å². The molecule has 2 aliphatic rings. The van der Waals surface area contributed by atoms with Crippen molar-refractivity contribution in [3.8, 4) is 0 Å². The fourth-order valence-electron chi connectivity index (χ4n) is 3.50. The van der Waals surface area contributed by atoms with Gasteiger partial charge in [-0.05, 0) is 56.5 Å². The van der Waals surface area contributed by atoms with Gasteiger partial charge >= 0.3 is 0 Å². The van der Waals surface area contributed by atoms with E-state index in [0.717, 1.165) is 38.8 Å². The highest BCUT2D eigenvalue weighted by Crippen LogP contribution is 2.27. The van der Waals surface area contributed by atoms with Crippen LogP contribution < -0.4 is 4.72 Å². The number of nitrogens with zero attached hydrogens (tertiary/aromatic N) is 1. The van der Waals surface area contributed by atoms with Crippen LogP contribution in [0.1, 0.15) is 31.2 Å². The van der Waals surface area contributed by atoms with Crippen molar-refractivity contribution in [2.24, 2.45) is 0 Å². The molecule has 1 aromatic carbocycles. The molecule has 0 aliphatic carbocycles. The molecule has 0 bridgehead atoms. The highest BCUT2D eigenvalue weighted by atomic mass is 32.2. The van der Waals surface area contributed by atoms with Crippen LogP contribution in [-0.4, -0.2) is 38.5 Å². The average molecular weight is 312 g/mol. The molecule has 0 saturated carbocycles. The summed E-state index contributed by atoms with van der Waals surface area (Å²) in [6.45, 7) is 2.17. The standard InChI is InChI=1S/C15H21FN2O2S/c16-13-7-5-12(6-8-13)11-21(19,20)17-14-3-1-9-18-10-2-4-15(14)18/h5-8,14-15,17H,1-4,9-11H2/t14-,15-/m0/s1. The van der Waals surface area contributed by atoms with Gasteiger partial charge < -0.3 is 0 Å². The number of hydrogen-bond acceptors (Lipinski definition) is 3. The number of halogens is 1. The fraction of sp³-hybridized carbons (Fsp3) is 0.600. The predicted octanol–water partition coefficient (Wildman–Crippen LogP) is 1.87. The van der Waals surface area contributed by atoms with Gasteiger partial charge in [0.25, 0.3) is 0 Å². The number of sulfonamides is 1. The predicted molar refractivity (Wildman–Crippen MR) is 79.8 cm³/mol. The second kappa shape index (κ2) is 6.02. The highest BCUT2D eigenvalue weighted by Gasteiger charge is 2.36. The monoisotopic (exact) mass is 312 g/mol. The number of benzene rings is 1. The third-order valence-corrected chi connectivity index (χ3v) is 5.82. The molecular formula is C15H21FN2O2S. The number of hydrogen-bond donors (Lipinski definition) is 1. The third-order valence-electron chi connectivity index (χ3n) is 4.44. The Balaban J connectivity index is 1.66. The molecule has 0 aromatic heterocycles. The van der Waals surface area contributed by atoms with Gasteiger partial charge in [-0.1, -0.05) is 12.1 Å². The number of piperidine rings is 1. The first-order valence-corrected chi connectivity index (χ1v) is 9.17. The van der Waals surface area contributed by atoms with Crippen molar-refractivity contribution in [2.75, 3.05) is 13.1 Å². The van der Waals surface area contributed by atoms with Crippen molar-refractivity contribution in [1.82, 2.24) is 9.62 Å². The highest BCUT2D eigenvalue weighted by molar-refractivity contribution is 7.88. The Morgan fingerprint density at radius 3 is 2.52 bits per heavy atom. The number of fused-ring (bicyclic) bond motifs is 1. The Bertz CT molecular complexity index is 588. The zero-order valence-corrected chi connectivity index (χ0v) is 12.8. The molecule has 2 aliphatic heterocycles. The maximum Gasteiger partial charge on any atom is 0.216 e. The first-order valence-electron chi connectivity index (χ1n) is 7.52. The van der Waals surface area contributed by atoms with Crippen LogP contribution in [0, 0.1) is 5.82 Å². The lowest BCUT2D eigenvalue weighted by Crippen LogP contribution is -2.52. The molecule has 3 rings (SSSR count). The molecule has 2 saturated heterocycles. The van der Waals surface area contributed by atoms with E-state index in [4.69, 9.17) is 0 Å². The molecule has 0 spiro atoms. The Kier molecular flexibility index (Phi) is 4.28. The van der Waals surface area contributed by atoms with E-state index in [-0.39, 0.29) is 17.6 Å². The van der Waals surface area contributed by atoms with E-state index in [9.17, 15) is 12.8 Å². The molecule has 2 atom stereocenters. The zero-order valence-electron chi connectivity index (χ0n) is 12.0.